The monoisotopic (exact) mass is 340 g/mol. The molecular weight excluding hydrogens is 312 g/mol. The van der Waals surface area contributed by atoms with Crippen molar-refractivity contribution in [2.24, 2.45) is 11.7 Å². The van der Waals surface area contributed by atoms with Gasteiger partial charge >= 0.3 is 5.97 Å². The van der Waals surface area contributed by atoms with Gasteiger partial charge in [0.2, 0.25) is 0 Å². The number of hydrogen-bond donors (Lipinski definition) is 2. The molecular formula is C21H28N2O2. The van der Waals surface area contributed by atoms with E-state index in [-0.39, 0.29) is 5.92 Å². The van der Waals surface area contributed by atoms with Gasteiger partial charge in [0.1, 0.15) is 0 Å². The first-order chi connectivity index (χ1) is 11.9. The molecule has 0 aliphatic rings. The van der Waals surface area contributed by atoms with Crippen molar-refractivity contribution < 1.29 is 9.53 Å². The van der Waals surface area contributed by atoms with Gasteiger partial charge in [0.05, 0.1) is 6.61 Å². The zero-order valence-corrected chi connectivity index (χ0v) is 15.3. The number of ether oxygens (including phenoxy) is 1. The van der Waals surface area contributed by atoms with Crippen molar-refractivity contribution in [3.63, 3.8) is 0 Å². The van der Waals surface area contributed by atoms with E-state index in [1.165, 1.54) is 5.56 Å². The third-order valence-corrected chi connectivity index (χ3v) is 4.04. The second kappa shape index (κ2) is 8.79. The number of carbonyl (C=O) groups is 1. The fourth-order valence-electron chi connectivity index (χ4n) is 2.84. The van der Waals surface area contributed by atoms with E-state index in [2.05, 4.69) is 41.7 Å². The lowest BCUT2D eigenvalue weighted by atomic mass is 9.97. The molecule has 25 heavy (non-hydrogen) atoms. The maximum atomic E-state index is 12.3. The van der Waals surface area contributed by atoms with E-state index < -0.39 is 11.6 Å². The first kappa shape index (κ1) is 19.2. The summed E-state index contributed by atoms with van der Waals surface area (Å²) in [4.78, 5) is 12.3. The molecule has 134 valence electrons. The van der Waals surface area contributed by atoms with Crippen LogP contribution in [-0.4, -0.2) is 18.2 Å². The van der Waals surface area contributed by atoms with Crippen molar-refractivity contribution in [1.29, 1.82) is 0 Å². The highest BCUT2D eigenvalue weighted by Crippen LogP contribution is 2.20. The maximum absolute atomic E-state index is 12.3. The number of rotatable bonds is 8. The average molecular weight is 340 g/mol. The van der Waals surface area contributed by atoms with Crippen LogP contribution in [0.1, 0.15) is 32.8 Å². The van der Waals surface area contributed by atoms with Crippen molar-refractivity contribution in [1.82, 2.24) is 5.32 Å². The molecule has 2 aromatic rings. The third-order valence-electron chi connectivity index (χ3n) is 4.04. The molecule has 2 rings (SSSR count). The summed E-state index contributed by atoms with van der Waals surface area (Å²) in [6.45, 7) is 6.70. The number of nitrogens with one attached hydrogen (secondary N) is 1. The zero-order valence-electron chi connectivity index (χ0n) is 15.3. The topological polar surface area (TPSA) is 64.3 Å². The van der Waals surface area contributed by atoms with E-state index in [0.29, 0.717) is 19.6 Å². The van der Waals surface area contributed by atoms with E-state index in [4.69, 9.17) is 10.5 Å². The number of hydrogen-bond acceptors (Lipinski definition) is 4. The van der Waals surface area contributed by atoms with Gasteiger partial charge in [-0.3, -0.25) is 5.32 Å². The molecule has 0 saturated carbocycles. The van der Waals surface area contributed by atoms with Crippen molar-refractivity contribution in [3.8, 4) is 11.1 Å². The molecule has 0 bridgehead atoms. The number of benzene rings is 2. The van der Waals surface area contributed by atoms with Gasteiger partial charge in [0.25, 0.3) is 0 Å². The Bertz CT molecular complexity index is 668. The predicted octanol–water partition coefficient (Wildman–Crippen LogP) is 3.71. The minimum atomic E-state index is -1.16. The summed E-state index contributed by atoms with van der Waals surface area (Å²) in [6, 6.07) is 18.5. The molecule has 3 N–H and O–H groups in total. The van der Waals surface area contributed by atoms with Gasteiger partial charge in [-0.15, -0.1) is 0 Å². The van der Waals surface area contributed by atoms with E-state index in [1.807, 2.05) is 32.0 Å². The smallest absolute Gasteiger partial charge is 0.341 e. The molecule has 0 aliphatic heterocycles. The van der Waals surface area contributed by atoms with Crippen LogP contribution in [0.2, 0.25) is 0 Å². The van der Waals surface area contributed by atoms with Crippen molar-refractivity contribution in [2.75, 3.05) is 6.61 Å². The van der Waals surface area contributed by atoms with Crippen LogP contribution in [0, 0.1) is 5.92 Å². The molecule has 1 atom stereocenters. The lowest BCUT2D eigenvalue weighted by molar-refractivity contribution is -0.152. The summed E-state index contributed by atoms with van der Waals surface area (Å²) in [6.07, 6.45) is 0.522. The quantitative estimate of drug-likeness (QED) is 0.568. The highest BCUT2D eigenvalue weighted by atomic mass is 16.5. The van der Waals surface area contributed by atoms with Gasteiger partial charge in [-0.25, -0.2) is 4.79 Å². The molecule has 0 aliphatic carbocycles. The van der Waals surface area contributed by atoms with Crippen LogP contribution in [0.4, 0.5) is 0 Å². The minimum absolute atomic E-state index is 0.280. The predicted molar refractivity (Wildman–Crippen MR) is 102 cm³/mol. The van der Waals surface area contributed by atoms with Crippen LogP contribution in [0.3, 0.4) is 0 Å². The van der Waals surface area contributed by atoms with Gasteiger partial charge in [-0.1, -0.05) is 68.4 Å². The first-order valence-electron chi connectivity index (χ1n) is 8.80. The SMILES string of the molecule is CCOC(=O)C(N)(CC(C)C)NCc1ccc(-c2ccccc2)cc1. The zero-order chi connectivity index (χ0) is 18.3. The second-order valence-electron chi connectivity index (χ2n) is 6.71. The van der Waals surface area contributed by atoms with Crippen LogP contribution in [-0.2, 0) is 16.1 Å². The molecule has 0 radical (unpaired) electrons. The lowest BCUT2D eigenvalue weighted by Crippen LogP contribution is -2.60. The molecule has 2 aromatic carbocycles. The average Bonchev–Trinajstić information content (AvgIpc) is 2.61. The van der Waals surface area contributed by atoms with Crippen LogP contribution in [0.25, 0.3) is 11.1 Å². The lowest BCUT2D eigenvalue weighted by Gasteiger charge is -2.30. The molecule has 0 heterocycles. The van der Waals surface area contributed by atoms with Crippen molar-refractivity contribution in [3.05, 3.63) is 60.2 Å². The number of nitrogens with two attached hydrogens (primary N) is 1. The Morgan fingerprint density at radius 3 is 2.24 bits per heavy atom. The molecule has 4 heteroatoms. The van der Waals surface area contributed by atoms with Crippen LogP contribution < -0.4 is 11.1 Å². The Morgan fingerprint density at radius 1 is 1.08 bits per heavy atom. The molecule has 0 spiro atoms. The normalized spacial score (nSPS) is 13.5. The summed E-state index contributed by atoms with van der Waals surface area (Å²) < 4.78 is 5.15. The third kappa shape index (κ3) is 5.41. The van der Waals surface area contributed by atoms with E-state index in [0.717, 1.165) is 11.1 Å². The summed E-state index contributed by atoms with van der Waals surface area (Å²) in [5.41, 5.74) is 8.56. The van der Waals surface area contributed by atoms with Crippen molar-refractivity contribution >= 4 is 5.97 Å². The fraction of sp³-hybridized carbons (Fsp3) is 0.381. The summed E-state index contributed by atoms with van der Waals surface area (Å²) in [5, 5.41) is 3.19. The van der Waals surface area contributed by atoms with Gasteiger partial charge < -0.3 is 10.5 Å². The Labute approximate surface area is 150 Å². The maximum Gasteiger partial charge on any atom is 0.341 e. The molecule has 0 fully saturated rings. The minimum Gasteiger partial charge on any atom is -0.464 e. The first-order valence-corrected chi connectivity index (χ1v) is 8.80. The Balaban J connectivity index is 2.06. The number of carbonyl (C=O) groups excluding carboxylic acids is 1. The largest absolute Gasteiger partial charge is 0.464 e. The molecule has 1 unspecified atom stereocenters. The Kier molecular flexibility index (Phi) is 6.73. The molecule has 0 saturated heterocycles. The highest BCUT2D eigenvalue weighted by Gasteiger charge is 2.35. The second-order valence-corrected chi connectivity index (χ2v) is 6.71. The van der Waals surface area contributed by atoms with Crippen LogP contribution in [0.15, 0.2) is 54.6 Å². The van der Waals surface area contributed by atoms with Crippen LogP contribution in [0.5, 0.6) is 0 Å². The molecule has 0 aromatic heterocycles. The highest BCUT2D eigenvalue weighted by molar-refractivity contribution is 5.80. The van der Waals surface area contributed by atoms with E-state index >= 15 is 0 Å². The summed E-state index contributed by atoms with van der Waals surface area (Å²) >= 11 is 0. The molecule has 0 amide bonds. The molecule has 4 nitrogen and oxygen atoms in total. The van der Waals surface area contributed by atoms with Gasteiger partial charge in [-0.2, -0.15) is 0 Å². The van der Waals surface area contributed by atoms with Gasteiger partial charge in [0, 0.05) is 6.54 Å². The van der Waals surface area contributed by atoms with Crippen LogP contribution >= 0.6 is 0 Å². The van der Waals surface area contributed by atoms with Crippen molar-refractivity contribution in [2.45, 2.75) is 39.4 Å². The fourth-order valence-corrected chi connectivity index (χ4v) is 2.84. The van der Waals surface area contributed by atoms with E-state index in [9.17, 15) is 4.79 Å². The van der Waals surface area contributed by atoms with Gasteiger partial charge in [-0.05, 0) is 36.0 Å². The standard InChI is InChI=1S/C21H28N2O2/c1-4-25-20(24)21(22,14-16(2)3)23-15-17-10-12-19(13-11-17)18-8-6-5-7-9-18/h5-13,16,23H,4,14-15,22H2,1-3H3. The van der Waals surface area contributed by atoms with Gasteiger partial charge in [0.15, 0.2) is 5.66 Å². The Hall–Kier alpha value is -2.17. The number of esters is 1. The van der Waals surface area contributed by atoms with E-state index in [1.54, 1.807) is 6.92 Å². The Morgan fingerprint density at radius 2 is 1.68 bits per heavy atom. The summed E-state index contributed by atoms with van der Waals surface area (Å²) in [7, 11) is 0. The summed E-state index contributed by atoms with van der Waals surface area (Å²) in [5.74, 6) is -0.119.